The molecule has 1 amide bonds. The molecule has 8 heteroatoms. The molecule has 30 heavy (non-hydrogen) atoms. The Balaban J connectivity index is 1.42. The quantitative estimate of drug-likeness (QED) is 0.629. The van der Waals surface area contributed by atoms with Gasteiger partial charge in [-0.1, -0.05) is 26.0 Å². The molecule has 2 atom stereocenters. The molecule has 0 bridgehead atoms. The highest BCUT2D eigenvalue weighted by Crippen LogP contribution is 2.20. The minimum atomic E-state index is -3.36. The van der Waals surface area contributed by atoms with Gasteiger partial charge in [-0.2, -0.15) is 4.31 Å². The second kappa shape index (κ2) is 10.7. The fourth-order valence-electron chi connectivity index (χ4n) is 4.46. The molecule has 1 aromatic carbocycles. The van der Waals surface area contributed by atoms with Crippen molar-refractivity contribution in [1.29, 1.82) is 0 Å². The summed E-state index contributed by atoms with van der Waals surface area (Å²) >= 11 is 0. The number of morpholine rings is 1. The molecule has 1 aromatic rings. The van der Waals surface area contributed by atoms with Crippen LogP contribution in [0.3, 0.4) is 0 Å². The first kappa shape index (κ1) is 23.2. The van der Waals surface area contributed by atoms with Crippen LogP contribution in [-0.2, 0) is 20.5 Å². The van der Waals surface area contributed by atoms with Gasteiger partial charge in [0.2, 0.25) is 10.0 Å². The van der Waals surface area contributed by atoms with Gasteiger partial charge < -0.3 is 15.0 Å². The molecule has 0 unspecified atom stereocenters. The fourth-order valence-corrected chi connectivity index (χ4v) is 5.96. The van der Waals surface area contributed by atoms with Gasteiger partial charge >= 0.3 is 0 Å². The number of carbonyl (C=O) groups is 1. The normalized spacial score (nSPS) is 23.9. The maximum atomic E-state index is 12.5. The molecule has 7 nitrogen and oxygen atoms in total. The van der Waals surface area contributed by atoms with Crippen LogP contribution in [0.5, 0.6) is 0 Å². The largest absolute Gasteiger partial charge is 0.379 e. The maximum absolute atomic E-state index is 12.5. The van der Waals surface area contributed by atoms with Gasteiger partial charge in [-0.15, -0.1) is 0 Å². The number of rotatable bonds is 8. The maximum Gasteiger partial charge on any atom is 0.251 e. The highest BCUT2D eigenvalue weighted by molar-refractivity contribution is 7.88. The van der Waals surface area contributed by atoms with E-state index in [0.717, 1.165) is 37.9 Å². The van der Waals surface area contributed by atoms with Gasteiger partial charge in [0.15, 0.2) is 0 Å². The minimum Gasteiger partial charge on any atom is -0.379 e. The van der Waals surface area contributed by atoms with Crippen molar-refractivity contribution in [3.8, 4) is 0 Å². The molecule has 0 spiro atoms. The van der Waals surface area contributed by atoms with Gasteiger partial charge in [0.25, 0.3) is 5.91 Å². The zero-order valence-electron chi connectivity index (χ0n) is 18.2. The SMILES string of the molecule is C[C@@H]1C[C@H](C)CN(CCCNC(=O)c2ccc(CS(=O)(=O)N3CCOCC3)cc2)C1. The second-order valence-electron chi connectivity index (χ2n) is 8.78. The summed E-state index contributed by atoms with van der Waals surface area (Å²) in [5.41, 5.74) is 1.24. The molecule has 1 N–H and O–H groups in total. The zero-order valence-corrected chi connectivity index (χ0v) is 19.0. The van der Waals surface area contributed by atoms with Crippen molar-refractivity contribution in [2.75, 3.05) is 52.5 Å². The number of piperidine rings is 1. The molecule has 2 aliphatic heterocycles. The first-order valence-corrected chi connectivity index (χ1v) is 12.6. The van der Waals surface area contributed by atoms with Gasteiger partial charge in [0.05, 0.1) is 19.0 Å². The number of benzene rings is 1. The monoisotopic (exact) mass is 437 g/mol. The first-order valence-electron chi connectivity index (χ1n) is 11.0. The number of sulfonamides is 1. The first-order chi connectivity index (χ1) is 14.3. The predicted octanol–water partition coefficient (Wildman–Crippen LogP) is 1.95. The number of nitrogens with one attached hydrogen (secondary N) is 1. The lowest BCUT2D eigenvalue weighted by molar-refractivity contribution is 0.0729. The Morgan fingerprint density at radius 2 is 1.73 bits per heavy atom. The zero-order chi connectivity index (χ0) is 21.6. The number of carbonyl (C=O) groups excluding carboxylic acids is 1. The molecule has 0 aromatic heterocycles. The number of amides is 1. The highest BCUT2D eigenvalue weighted by Gasteiger charge is 2.24. The van der Waals surface area contributed by atoms with E-state index in [2.05, 4.69) is 24.1 Å². The molecular formula is C22H35N3O4S. The number of nitrogens with zero attached hydrogens (tertiary/aromatic N) is 2. The van der Waals surface area contributed by atoms with Crippen molar-refractivity contribution in [3.05, 3.63) is 35.4 Å². The summed E-state index contributed by atoms with van der Waals surface area (Å²) in [4.78, 5) is 14.9. The van der Waals surface area contributed by atoms with Crippen LogP contribution in [-0.4, -0.2) is 76.0 Å². The Bertz CT molecular complexity index is 781. The van der Waals surface area contributed by atoms with Crippen LogP contribution >= 0.6 is 0 Å². The van der Waals surface area contributed by atoms with E-state index in [-0.39, 0.29) is 11.7 Å². The number of likely N-dealkylation sites (tertiary alicyclic amines) is 1. The van der Waals surface area contributed by atoms with Crippen molar-refractivity contribution < 1.29 is 17.9 Å². The smallest absolute Gasteiger partial charge is 0.251 e. The van der Waals surface area contributed by atoms with Crippen molar-refractivity contribution in [1.82, 2.24) is 14.5 Å². The summed E-state index contributed by atoms with van der Waals surface area (Å²) in [5, 5.41) is 2.97. The van der Waals surface area contributed by atoms with Crippen molar-refractivity contribution in [2.45, 2.75) is 32.4 Å². The summed E-state index contributed by atoms with van der Waals surface area (Å²) in [6, 6.07) is 6.85. The Morgan fingerprint density at radius 1 is 1.10 bits per heavy atom. The van der Waals surface area contributed by atoms with E-state index in [1.807, 2.05) is 0 Å². The van der Waals surface area contributed by atoms with Crippen LogP contribution in [0, 0.1) is 11.8 Å². The van der Waals surface area contributed by atoms with Crippen LogP contribution in [0.1, 0.15) is 42.6 Å². The van der Waals surface area contributed by atoms with E-state index in [9.17, 15) is 13.2 Å². The van der Waals surface area contributed by atoms with E-state index in [0.29, 0.717) is 44.0 Å². The molecule has 0 aliphatic carbocycles. The third-order valence-electron chi connectivity index (χ3n) is 5.81. The van der Waals surface area contributed by atoms with Crippen LogP contribution in [0.4, 0.5) is 0 Å². The van der Waals surface area contributed by atoms with Gasteiger partial charge in [-0.25, -0.2) is 8.42 Å². The van der Waals surface area contributed by atoms with Gasteiger partial charge in [-0.05, 0) is 48.9 Å². The van der Waals surface area contributed by atoms with Crippen molar-refractivity contribution in [3.63, 3.8) is 0 Å². The molecule has 2 heterocycles. The molecule has 3 rings (SSSR count). The Hall–Kier alpha value is -1.48. The van der Waals surface area contributed by atoms with Crippen molar-refractivity contribution >= 4 is 15.9 Å². The molecule has 2 fully saturated rings. The van der Waals surface area contributed by atoms with Crippen LogP contribution < -0.4 is 5.32 Å². The standard InChI is InChI=1S/C22H35N3O4S/c1-18-14-19(2)16-24(15-18)9-3-8-23-22(26)21-6-4-20(5-7-21)17-30(27,28)25-10-12-29-13-11-25/h4-7,18-19H,3,8-17H2,1-2H3,(H,23,26)/t18-,19+. The van der Waals surface area contributed by atoms with Gasteiger partial charge in [0.1, 0.15) is 0 Å². The average molecular weight is 438 g/mol. The molecular weight excluding hydrogens is 402 g/mol. The molecule has 2 aliphatic rings. The van der Waals surface area contributed by atoms with E-state index in [1.54, 1.807) is 24.3 Å². The van der Waals surface area contributed by atoms with E-state index >= 15 is 0 Å². The minimum absolute atomic E-state index is 0.0540. The van der Waals surface area contributed by atoms with Crippen LogP contribution in [0.25, 0.3) is 0 Å². The van der Waals surface area contributed by atoms with Crippen molar-refractivity contribution in [2.24, 2.45) is 11.8 Å². The van der Waals surface area contributed by atoms with E-state index < -0.39 is 10.0 Å². The summed E-state index contributed by atoms with van der Waals surface area (Å²) in [6.45, 7) is 10.2. The Labute approximate surface area is 180 Å². The highest BCUT2D eigenvalue weighted by atomic mass is 32.2. The lowest BCUT2D eigenvalue weighted by atomic mass is 9.92. The molecule has 0 saturated carbocycles. The number of hydrogen-bond donors (Lipinski definition) is 1. The lowest BCUT2D eigenvalue weighted by Gasteiger charge is -2.34. The topological polar surface area (TPSA) is 79.0 Å². The molecule has 0 radical (unpaired) electrons. The summed E-state index contributed by atoms with van der Waals surface area (Å²) in [6.07, 6.45) is 2.23. The lowest BCUT2D eigenvalue weighted by Crippen LogP contribution is -2.41. The van der Waals surface area contributed by atoms with E-state index in [4.69, 9.17) is 4.74 Å². The summed E-state index contributed by atoms with van der Waals surface area (Å²) in [5.74, 6) is 1.32. The summed E-state index contributed by atoms with van der Waals surface area (Å²) in [7, 11) is -3.36. The predicted molar refractivity (Wildman–Crippen MR) is 118 cm³/mol. The van der Waals surface area contributed by atoms with Gasteiger partial charge in [0, 0.05) is 38.3 Å². The van der Waals surface area contributed by atoms with Gasteiger partial charge in [-0.3, -0.25) is 4.79 Å². The second-order valence-corrected chi connectivity index (χ2v) is 10.7. The summed E-state index contributed by atoms with van der Waals surface area (Å²) < 4.78 is 31.7. The van der Waals surface area contributed by atoms with E-state index in [1.165, 1.54) is 10.7 Å². The Morgan fingerprint density at radius 3 is 2.37 bits per heavy atom. The molecule has 168 valence electrons. The number of hydrogen-bond acceptors (Lipinski definition) is 5. The van der Waals surface area contributed by atoms with Crippen LogP contribution in [0.15, 0.2) is 24.3 Å². The third kappa shape index (κ3) is 6.77. The fraction of sp³-hybridized carbons (Fsp3) is 0.682. The number of ether oxygens (including phenoxy) is 1. The third-order valence-corrected chi connectivity index (χ3v) is 7.66. The average Bonchev–Trinajstić information content (AvgIpc) is 2.71. The van der Waals surface area contributed by atoms with Crippen LogP contribution in [0.2, 0.25) is 0 Å². The Kier molecular flexibility index (Phi) is 8.27. The molecule has 2 saturated heterocycles.